The van der Waals surface area contributed by atoms with Crippen LogP contribution in [0.3, 0.4) is 0 Å². The Morgan fingerprint density at radius 3 is 2.86 bits per heavy atom. The van der Waals surface area contributed by atoms with Crippen molar-refractivity contribution in [2.75, 3.05) is 19.0 Å². The van der Waals surface area contributed by atoms with Gasteiger partial charge in [0.25, 0.3) is 0 Å². The number of nitrogens with zero attached hydrogens (tertiary/aromatic N) is 2. The Morgan fingerprint density at radius 1 is 1.71 bits per heavy atom. The molecule has 1 heterocycles. The monoisotopic (exact) mass is 195 g/mol. The van der Waals surface area contributed by atoms with E-state index in [1.54, 1.807) is 37.6 Å². The molecule has 0 atom stereocenters. The van der Waals surface area contributed by atoms with Crippen LogP contribution in [0.1, 0.15) is 0 Å². The Bertz CT molecular complexity index is 330. The third kappa shape index (κ3) is 2.25. The molecule has 0 aliphatic heterocycles. The number of guanidine groups is 2. The van der Waals surface area contributed by atoms with E-state index in [0.29, 0.717) is 5.96 Å². The van der Waals surface area contributed by atoms with E-state index in [4.69, 9.17) is 15.6 Å². The fraction of sp³-hybridized carbons (Fsp3) is 0.250. The standard InChI is InChI=1S/C8H13N5O/c1-11-8(12-7(9)10)13(2)6-3-4-14-5-6/h3-5H,1-2H3,(H4,9,10,11,12). The second kappa shape index (κ2) is 4.31. The van der Waals surface area contributed by atoms with Crippen LogP contribution in [0, 0.1) is 5.41 Å². The van der Waals surface area contributed by atoms with Gasteiger partial charge >= 0.3 is 0 Å². The van der Waals surface area contributed by atoms with Crippen molar-refractivity contribution in [3.8, 4) is 0 Å². The van der Waals surface area contributed by atoms with Gasteiger partial charge in [0.2, 0.25) is 5.96 Å². The lowest BCUT2D eigenvalue weighted by Crippen LogP contribution is -2.45. The molecule has 0 radical (unpaired) electrons. The third-order valence-electron chi connectivity index (χ3n) is 1.67. The summed E-state index contributed by atoms with van der Waals surface area (Å²) in [5, 5.41) is 9.70. The molecular weight excluding hydrogens is 182 g/mol. The smallest absolute Gasteiger partial charge is 0.204 e. The lowest BCUT2D eigenvalue weighted by atomic mass is 10.5. The van der Waals surface area contributed by atoms with E-state index in [1.807, 2.05) is 0 Å². The molecule has 0 aliphatic rings. The number of rotatable bonds is 1. The SMILES string of the molecule is C/N=C(/NC(=N)N)N(C)c1ccoc1. The topological polar surface area (TPSA) is 90.6 Å². The summed E-state index contributed by atoms with van der Waals surface area (Å²) in [4.78, 5) is 5.68. The van der Waals surface area contributed by atoms with Crippen molar-refractivity contribution < 1.29 is 4.42 Å². The van der Waals surface area contributed by atoms with Crippen LogP contribution in [-0.2, 0) is 0 Å². The Kier molecular flexibility index (Phi) is 3.11. The van der Waals surface area contributed by atoms with Gasteiger partial charge in [0.05, 0.1) is 12.0 Å². The number of anilines is 1. The highest BCUT2D eigenvalue weighted by Gasteiger charge is 2.09. The Hall–Kier alpha value is -1.98. The number of nitrogens with one attached hydrogen (secondary N) is 2. The summed E-state index contributed by atoms with van der Waals surface area (Å²) in [7, 11) is 3.41. The second-order valence-corrected chi connectivity index (χ2v) is 2.63. The van der Waals surface area contributed by atoms with Crippen LogP contribution in [0.15, 0.2) is 28.0 Å². The van der Waals surface area contributed by atoms with Crippen LogP contribution in [0.2, 0.25) is 0 Å². The summed E-state index contributed by atoms with van der Waals surface area (Å²) in [5.74, 6) is 0.333. The fourth-order valence-corrected chi connectivity index (χ4v) is 0.981. The zero-order valence-electron chi connectivity index (χ0n) is 8.11. The molecule has 76 valence electrons. The molecule has 0 spiro atoms. The van der Waals surface area contributed by atoms with Crippen molar-refractivity contribution in [1.82, 2.24) is 5.32 Å². The van der Waals surface area contributed by atoms with E-state index in [1.165, 1.54) is 0 Å². The summed E-state index contributed by atoms with van der Waals surface area (Å²) in [6.07, 6.45) is 3.14. The normalized spacial score (nSPS) is 11.1. The Morgan fingerprint density at radius 2 is 2.43 bits per heavy atom. The number of hydrogen-bond acceptors (Lipinski definition) is 3. The predicted octanol–water partition coefficient (Wildman–Crippen LogP) is 0.185. The van der Waals surface area contributed by atoms with Crippen LogP contribution in [-0.4, -0.2) is 26.0 Å². The molecule has 0 aromatic carbocycles. The molecular formula is C8H13N5O. The summed E-state index contributed by atoms with van der Waals surface area (Å²) >= 11 is 0. The van der Waals surface area contributed by atoms with Gasteiger partial charge in [-0.3, -0.25) is 15.7 Å². The summed E-state index contributed by atoms with van der Waals surface area (Å²) < 4.78 is 4.93. The van der Waals surface area contributed by atoms with Gasteiger partial charge in [-0.1, -0.05) is 0 Å². The average Bonchev–Trinajstić information content (AvgIpc) is 2.65. The van der Waals surface area contributed by atoms with Crippen molar-refractivity contribution in [3.63, 3.8) is 0 Å². The fourth-order valence-electron chi connectivity index (χ4n) is 0.981. The summed E-state index contributed by atoms with van der Waals surface area (Å²) in [6, 6.07) is 1.78. The maximum absolute atomic E-state index is 7.08. The first-order chi connectivity index (χ1) is 6.65. The first-order valence-corrected chi connectivity index (χ1v) is 3.99. The van der Waals surface area contributed by atoms with Crippen molar-refractivity contribution in [1.29, 1.82) is 5.41 Å². The molecule has 0 aliphatic carbocycles. The van der Waals surface area contributed by atoms with Gasteiger partial charge < -0.3 is 15.1 Å². The van der Waals surface area contributed by atoms with Gasteiger partial charge in [0.1, 0.15) is 6.26 Å². The number of aliphatic imine (C=N–C) groups is 1. The minimum atomic E-state index is -0.152. The zero-order chi connectivity index (χ0) is 10.6. The number of hydrogen-bond donors (Lipinski definition) is 3. The van der Waals surface area contributed by atoms with Crippen molar-refractivity contribution in [2.45, 2.75) is 0 Å². The minimum Gasteiger partial charge on any atom is -0.470 e. The lowest BCUT2D eigenvalue weighted by molar-refractivity contribution is 0.567. The van der Waals surface area contributed by atoms with Gasteiger partial charge in [0, 0.05) is 20.2 Å². The molecule has 1 aromatic heterocycles. The molecule has 1 rings (SSSR count). The molecule has 4 N–H and O–H groups in total. The predicted molar refractivity (Wildman–Crippen MR) is 55.5 cm³/mol. The third-order valence-corrected chi connectivity index (χ3v) is 1.67. The summed E-state index contributed by atoms with van der Waals surface area (Å²) in [6.45, 7) is 0. The summed E-state index contributed by atoms with van der Waals surface area (Å²) in [5.41, 5.74) is 6.03. The maximum atomic E-state index is 7.08. The quantitative estimate of drug-likeness (QED) is 0.440. The first kappa shape index (κ1) is 10.1. The van der Waals surface area contributed by atoms with E-state index < -0.39 is 0 Å². The molecule has 0 saturated heterocycles. The van der Waals surface area contributed by atoms with E-state index in [2.05, 4.69) is 10.3 Å². The van der Waals surface area contributed by atoms with E-state index in [9.17, 15) is 0 Å². The number of nitrogens with two attached hydrogens (primary N) is 1. The molecule has 0 saturated carbocycles. The van der Waals surface area contributed by atoms with E-state index in [-0.39, 0.29) is 5.96 Å². The van der Waals surface area contributed by atoms with Crippen LogP contribution in [0.25, 0.3) is 0 Å². The van der Waals surface area contributed by atoms with Gasteiger partial charge in [-0.25, -0.2) is 0 Å². The van der Waals surface area contributed by atoms with Crippen LogP contribution < -0.4 is 16.0 Å². The molecule has 0 amide bonds. The van der Waals surface area contributed by atoms with Gasteiger partial charge in [-0.05, 0) is 0 Å². The van der Waals surface area contributed by atoms with Crippen LogP contribution in [0.4, 0.5) is 5.69 Å². The average molecular weight is 195 g/mol. The van der Waals surface area contributed by atoms with E-state index >= 15 is 0 Å². The highest BCUT2D eigenvalue weighted by molar-refractivity contribution is 6.04. The highest BCUT2D eigenvalue weighted by Crippen LogP contribution is 2.11. The largest absolute Gasteiger partial charge is 0.470 e. The lowest BCUT2D eigenvalue weighted by Gasteiger charge is -2.19. The Balaban J connectivity index is 2.76. The molecule has 0 unspecified atom stereocenters. The van der Waals surface area contributed by atoms with Crippen LogP contribution >= 0.6 is 0 Å². The number of furan rings is 1. The highest BCUT2D eigenvalue weighted by atomic mass is 16.3. The molecule has 0 bridgehead atoms. The second-order valence-electron chi connectivity index (χ2n) is 2.63. The molecule has 0 fully saturated rings. The molecule has 6 heteroatoms. The minimum absolute atomic E-state index is 0.152. The zero-order valence-corrected chi connectivity index (χ0v) is 8.11. The van der Waals surface area contributed by atoms with Crippen LogP contribution in [0.5, 0.6) is 0 Å². The molecule has 14 heavy (non-hydrogen) atoms. The van der Waals surface area contributed by atoms with Gasteiger partial charge in [-0.15, -0.1) is 0 Å². The van der Waals surface area contributed by atoms with E-state index in [0.717, 1.165) is 5.69 Å². The van der Waals surface area contributed by atoms with Gasteiger partial charge in [0.15, 0.2) is 5.96 Å². The maximum Gasteiger partial charge on any atom is 0.204 e. The molecule has 6 nitrogen and oxygen atoms in total. The van der Waals surface area contributed by atoms with Crippen molar-refractivity contribution in [2.24, 2.45) is 10.7 Å². The first-order valence-electron chi connectivity index (χ1n) is 3.99. The Labute approximate surface area is 81.9 Å². The van der Waals surface area contributed by atoms with Gasteiger partial charge in [-0.2, -0.15) is 0 Å². The molecule has 1 aromatic rings. The van der Waals surface area contributed by atoms with Crippen molar-refractivity contribution >= 4 is 17.6 Å². The van der Waals surface area contributed by atoms with Crippen molar-refractivity contribution in [3.05, 3.63) is 18.6 Å².